The molecule has 0 saturated carbocycles. The van der Waals surface area contributed by atoms with Crippen LogP contribution in [-0.2, 0) is 23.0 Å². The molecule has 2 heterocycles. The summed E-state index contributed by atoms with van der Waals surface area (Å²) < 4.78 is 39.5. The zero-order valence-electron chi connectivity index (χ0n) is 17.2. The van der Waals surface area contributed by atoms with Gasteiger partial charge in [0.25, 0.3) is 0 Å². The van der Waals surface area contributed by atoms with Gasteiger partial charge < -0.3 is 0 Å². The molecule has 4 rings (SSSR count). The summed E-state index contributed by atoms with van der Waals surface area (Å²) in [6.07, 6.45) is 5.69. The molecule has 0 unspecified atom stereocenters. The molecular weight excluding hydrogens is 417 g/mol. The van der Waals surface area contributed by atoms with Crippen molar-refractivity contribution in [3.63, 3.8) is 0 Å². The number of aryl methyl sites for hydroxylation is 1. The Morgan fingerprint density at radius 1 is 1.16 bits per heavy atom. The molecule has 31 heavy (non-hydrogen) atoms. The molecule has 9 heteroatoms. The van der Waals surface area contributed by atoms with Gasteiger partial charge >= 0.3 is 0 Å². The van der Waals surface area contributed by atoms with E-state index in [1.807, 2.05) is 25.1 Å². The lowest BCUT2D eigenvalue weighted by Crippen LogP contribution is -2.27. The zero-order chi connectivity index (χ0) is 22.0. The van der Waals surface area contributed by atoms with Crippen molar-refractivity contribution >= 4 is 10.0 Å². The number of rotatable bonds is 6. The van der Waals surface area contributed by atoms with Gasteiger partial charge in [-0.2, -0.15) is 0 Å². The van der Waals surface area contributed by atoms with Crippen molar-refractivity contribution < 1.29 is 12.8 Å². The fraction of sp³-hybridized carbons (Fsp3) is 0.273. The second kappa shape index (κ2) is 8.70. The lowest BCUT2D eigenvalue weighted by molar-refractivity contribution is 0.283. The summed E-state index contributed by atoms with van der Waals surface area (Å²) in [5.74, 6) is 0.442. The number of hydrogen-bond acceptors (Lipinski definition) is 5. The first-order valence-electron chi connectivity index (χ1n) is 10.00. The van der Waals surface area contributed by atoms with Crippen molar-refractivity contribution in [1.82, 2.24) is 19.7 Å². The van der Waals surface area contributed by atoms with Crippen LogP contribution in [0.1, 0.15) is 29.2 Å². The summed E-state index contributed by atoms with van der Waals surface area (Å²) in [6.45, 7) is 4.29. The maximum atomic E-state index is 14.9. The highest BCUT2D eigenvalue weighted by molar-refractivity contribution is 7.89. The first-order valence-corrected chi connectivity index (χ1v) is 11.5. The minimum absolute atomic E-state index is 0.132. The predicted octanol–water partition coefficient (Wildman–Crippen LogP) is 2.71. The molecule has 0 bridgehead atoms. The fourth-order valence-electron chi connectivity index (χ4n) is 3.64. The van der Waals surface area contributed by atoms with E-state index >= 15 is 0 Å². The summed E-state index contributed by atoms with van der Waals surface area (Å²) in [5.41, 5.74) is 2.28. The van der Waals surface area contributed by atoms with Gasteiger partial charge in [-0.25, -0.2) is 27.6 Å². The number of hydrogen-bond donors (Lipinski definition) is 1. The Hall–Kier alpha value is -2.88. The molecule has 0 radical (unpaired) electrons. The first kappa shape index (κ1) is 21.4. The van der Waals surface area contributed by atoms with E-state index in [1.165, 1.54) is 16.8 Å². The quantitative estimate of drug-likeness (QED) is 0.594. The van der Waals surface area contributed by atoms with Gasteiger partial charge in [0.1, 0.15) is 17.3 Å². The molecule has 1 aromatic heterocycles. The Kier molecular flexibility index (Phi) is 5.99. The molecule has 2 aromatic carbocycles. The highest BCUT2D eigenvalue weighted by Crippen LogP contribution is 2.21. The van der Waals surface area contributed by atoms with Crippen LogP contribution in [0, 0.1) is 12.7 Å². The van der Waals surface area contributed by atoms with E-state index in [9.17, 15) is 12.8 Å². The number of primary sulfonamides is 1. The molecule has 0 aliphatic carbocycles. The lowest BCUT2D eigenvalue weighted by atomic mass is 10.1. The van der Waals surface area contributed by atoms with Crippen molar-refractivity contribution in [3.8, 4) is 5.69 Å². The number of nitrogens with two attached hydrogens (primary N) is 1. The standard InChI is InChI=1S/C22H24FN5O2S/c1-16-6-5-7-17(12-16)13-22-25-21(15-27-10-3-2-4-11-27)26-28(22)20-9-8-18(14-19(20)23)31(24,29)30/h2-3,5-9,12,14H,4,10-11,13,15H2,1H3,(H2,24,29,30). The van der Waals surface area contributed by atoms with Gasteiger partial charge in [0.05, 0.1) is 11.4 Å². The minimum atomic E-state index is -4.00. The maximum absolute atomic E-state index is 14.9. The third-order valence-electron chi connectivity index (χ3n) is 5.15. The lowest BCUT2D eigenvalue weighted by Gasteiger charge is -2.20. The smallest absolute Gasteiger partial charge is 0.238 e. The molecule has 0 atom stereocenters. The Balaban J connectivity index is 1.73. The molecular formula is C22H24FN5O2S. The van der Waals surface area contributed by atoms with Gasteiger partial charge in [0.2, 0.25) is 10.0 Å². The third-order valence-corrected chi connectivity index (χ3v) is 6.06. The fourth-order valence-corrected chi connectivity index (χ4v) is 4.17. The number of aromatic nitrogens is 3. The van der Waals surface area contributed by atoms with Crippen LogP contribution in [0.25, 0.3) is 5.69 Å². The molecule has 0 saturated heterocycles. The zero-order valence-corrected chi connectivity index (χ0v) is 18.0. The van der Waals surface area contributed by atoms with E-state index in [-0.39, 0.29) is 10.6 Å². The number of halogens is 1. The largest absolute Gasteiger partial charge is 0.292 e. The Labute approximate surface area is 181 Å². The van der Waals surface area contributed by atoms with Crippen molar-refractivity contribution in [3.05, 3.63) is 83.2 Å². The van der Waals surface area contributed by atoms with E-state index in [0.29, 0.717) is 24.6 Å². The molecule has 1 aliphatic heterocycles. The first-order chi connectivity index (χ1) is 14.8. The van der Waals surface area contributed by atoms with Crippen LogP contribution in [-0.4, -0.2) is 41.2 Å². The summed E-state index contributed by atoms with van der Waals surface area (Å²) in [4.78, 5) is 6.63. The molecule has 0 fully saturated rings. The highest BCUT2D eigenvalue weighted by atomic mass is 32.2. The van der Waals surface area contributed by atoms with Crippen LogP contribution in [0.5, 0.6) is 0 Å². The van der Waals surface area contributed by atoms with Crippen molar-refractivity contribution in [2.45, 2.75) is 31.2 Å². The molecule has 0 amide bonds. The molecule has 3 aromatic rings. The van der Waals surface area contributed by atoms with Crippen molar-refractivity contribution in [2.24, 2.45) is 5.14 Å². The van der Waals surface area contributed by atoms with Crippen LogP contribution in [0.3, 0.4) is 0 Å². The van der Waals surface area contributed by atoms with Crippen LogP contribution in [0.15, 0.2) is 59.5 Å². The summed E-state index contributed by atoms with van der Waals surface area (Å²) in [5, 5.41) is 9.69. The van der Waals surface area contributed by atoms with Gasteiger partial charge in [0, 0.05) is 19.5 Å². The van der Waals surface area contributed by atoms with Gasteiger partial charge in [-0.15, -0.1) is 5.10 Å². The van der Waals surface area contributed by atoms with E-state index in [0.717, 1.165) is 36.7 Å². The van der Waals surface area contributed by atoms with Crippen molar-refractivity contribution in [2.75, 3.05) is 13.1 Å². The normalized spacial score (nSPS) is 14.8. The van der Waals surface area contributed by atoms with Gasteiger partial charge in [-0.3, -0.25) is 4.90 Å². The summed E-state index contributed by atoms with van der Waals surface area (Å²) in [6, 6.07) is 11.6. The average Bonchev–Trinajstić information content (AvgIpc) is 3.09. The van der Waals surface area contributed by atoms with E-state index < -0.39 is 15.8 Å². The van der Waals surface area contributed by atoms with E-state index in [4.69, 9.17) is 10.1 Å². The second-order valence-corrected chi connectivity index (χ2v) is 9.24. The summed E-state index contributed by atoms with van der Waals surface area (Å²) >= 11 is 0. The SMILES string of the molecule is Cc1cccc(Cc2nc(CN3CC=CCC3)nn2-c2ccc(S(N)(=O)=O)cc2F)c1. The van der Waals surface area contributed by atoms with Gasteiger partial charge in [0.15, 0.2) is 5.82 Å². The third kappa shape index (κ3) is 5.07. The van der Waals surface area contributed by atoms with Gasteiger partial charge in [-0.05, 0) is 37.1 Å². The van der Waals surface area contributed by atoms with Crippen LogP contribution in [0.4, 0.5) is 4.39 Å². The highest BCUT2D eigenvalue weighted by Gasteiger charge is 2.19. The number of benzene rings is 2. The molecule has 162 valence electrons. The topological polar surface area (TPSA) is 94.1 Å². The Bertz CT molecular complexity index is 1240. The van der Waals surface area contributed by atoms with Gasteiger partial charge in [-0.1, -0.05) is 42.0 Å². The average molecular weight is 442 g/mol. The van der Waals surface area contributed by atoms with Crippen LogP contribution >= 0.6 is 0 Å². The van der Waals surface area contributed by atoms with Crippen molar-refractivity contribution in [1.29, 1.82) is 0 Å². The number of nitrogens with zero attached hydrogens (tertiary/aromatic N) is 4. The minimum Gasteiger partial charge on any atom is -0.292 e. The Morgan fingerprint density at radius 2 is 2.00 bits per heavy atom. The molecule has 7 nitrogen and oxygen atoms in total. The molecule has 0 spiro atoms. The van der Waals surface area contributed by atoms with E-state index in [2.05, 4.69) is 28.2 Å². The van der Waals surface area contributed by atoms with E-state index in [1.54, 1.807) is 0 Å². The Morgan fingerprint density at radius 3 is 2.68 bits per heavy atom. The maximum Gasteiger partial charge on any atom is 0.238 e. The van der Waals surface area contributed by atoms with Crippen LogP contribution in [0.2, 0.25) is 0 Å². The molecule has 1 aliphatic rings. The molecule has 2 N–H and O–H groups in total. The monoisotopic (exact) mass is 441 g/mol. The number of sulfonamides is 1. The van der Waals surface area contributed by atoms with Crippen LogP contribution < -0.4 is 5.14 Å². The second-order valence-electron chi connectivity index (χ2n) is 7.68. The summed E-state index contributed by atoms with van der Waals surface area (Å²) in [7, 11) is -4.00. The predicted molar refractivity (Wildman–Crippen MR) is 116 cm³/mol.